The Morgan fingerprint density at radius 3 is 2.62 bits per heavy atom. The summed E-state index contributed by atoms with van der Waals surface area (Å²) in [6, 6.07) is 5.62. The van der Waals surface area contributed by atoms with Crippen molar-refractivity contribution in [3.63, 3.8) is 0 Å². The summed E-state index contributed by atoms with van der Waals surface area (Å²) in [6.07, 6.45) is 5.21. The van der Waals surface area contributed by atoms with Gasteiger partial charge in [0.25, 0.3) is 0 Å². The minimum atomic E-state index is -0.884. The van der Waals surface area contributed by atoms with Gasteiger partial charge in [-0.05, 0) is 37.5 Å². The van der Waals surface area contributed by atoms with E-state index in [0.717, 1.165) is 49.0 Å². The van der Waals surface area contributed by atoms with Crippen molar-refractivity contribution in [2.45, 2.75) is 58.9 Å². The maximum atomic E-state index is 11.2. The molecular formula is C17H24N2O2. The van der Waals surface area contributed by atoms with Gasteiger partial charge in [0.15, 0.2) is 0 Å². The molecule has 0 aliphatic rings. The van der Waals surface area contributed by atoms with Crippen LogP contribution in [0.1, 0.15) is 68.7 Å². The highest BCUT2D eigenvalue weighted by Gasteiger charge is 2.18. The molecule has 0 saturated carbocycles. The third-order valence-corrected chi connectivity index (χ3v) is 3.94. The Morgan fingerprint density at radius 1 is 1.29 bits per heavy atom. The Labute approximate surface area is 125 Å². The summed E-state index contributed by atoms with van der Waals surface area (Å²) in [5.74, 6) is 0.195. The molecule has 0 fully saturated rings. The average molecular weight is 288 g/mol. The van der Waals surface area contributed by atoms with Crippen molar-refractivity contribution in [3.8, 4) is 0 Å². The van der Waals surface area contributed by atoms with Gasteiger partial charge in [0.05, 0.1) is 16.6 Å². The van der Waals surface area contributed by atoms with Gasteiger partial charge < -0.3 is 9.67 Å². The molecule has 0 radical (unpaired) electrons. The number of aromatic nitrogens is 2. The molecule has 1 atom stereocenters. The second-order valence-corrected chi connectivity index (χ2v) is 5.51. The maximum Gasteiger partial charge on any atom is 0.335 e. The van der Waals surface area contributed by atoms with Crippen LogP contribution in [-0.4, -0.2) is 20.6 Å². The summed E-state index contributed by atoms with van der Waals surface area (Å²) in [5.41, 5.74) is 2.19. The Morgan fingerprint density at radius 2 is 2.05 bits per heavy atom. The van der Waals surface area contributed by atoms with Crippen molar-refractivity contribution in [1.29, 1.82) is 0 Å². The van der Waals surface area contributed by atoms with Crippen LogP contribution in [0.25, 0.3) is 11.0 Å². The van der Waals surface area contributed by atoms with Gasteiger partial charge in [-0.15, -0.1) is 0 Å². The van der Waals surface area contributed by atoms with Gasteiger partial charge in [-0.1, -0.05) is 27.2 Å². The van der Waals surface area contributed by atoms with E-state index in [1.807, 2.05) is 6.07 Å². The minimum Gasteiger partial charge on any atom is -0.478 e. The average Bonchev–Trinajstić information content (AvgIpc) is 2.82. The van der Waals surface area contributed by atoms with Gasteiger partial charge in [-0.3, -0.25) is 0 Å². The van der Waals surface area contributed by atoms with Crippen molar-refractivity contribution in [2.24, 2.45) is 0 Å². The molecule has 0 amide bonds. The molecule has 0 bridgehead atoms. The van der Waals surface area contributed by atoms with Crippen LogP contribution in [0.4, 0.5) is 0 Å². The molecule has 1 N–H and O–H groups in total. The predicted molar refractivity (Wildman–Crippen MR) is 84.9 cm³/mol. The molecular weight excluding hydrogens is 264 g/mol. The third kappa shape index (κ3) is 3.09. The van der Waals surface area contributed by atoms with Crippen LogP contribution in [-0.2, 0) is 6.42 Å². The van der Waals surface area contributed by atoms with E-state index < -0.39 is 5.97 Å². The number of imidazole rings is 1. The molecule has 0 spiro atoms. The Hall–Kier alpha value is -1.84. The molecule has 1 aromatic heterocycles. The molecule has 114 valence electrons. The topological polar surface area (TPSA) is 55.1 Å². The van der Waals surface area contributed by atoms with E-state index in [-0.39, 0.29) is 0 Å². The third-order valence-electron chi connectivity index (χ3n) is 3.94. The first-order valence-corrected chi connectivity index (χ1v) is 7.86. The smallest absolute Gasteiger partial charge is 0.335 e. The second kappa shape index (κ2) is 6.74. The van der Waals surface area contributed by atoms with E-state index in [9.17, 15) is 9.90 Å². The van der Waals surface area contributed by atoms with E-state index in [4.69, 9.17) is 4.98 Å². The summed E-state index contributed by atoms with van der Waals surface area (Å²) in [4.78, 5) is 15.9. The van der Waals surface area contributed by atoms with Crippen molar-refractivity contribution in [3.05, 3.63) is 29.6 Å². The van der Waals surface area contributed by atoms with Crippen LogP contribution in [0.2, 0.25) is 0 Å². The summed E-state index contributed by atoms with van der Waals surface area (Å²) < 4.78 is 2.27. The lowest BCUT2D eigenvalue weighted by molar-refractivity contribution is 0.0697. The van der Waals surface area contributed by atoms with E-state index in [1.165, 1.54) is 0 Å². The van der Waals surface area contributed by atoms with Crippen LogP contribution >= 0.6 is 0 Å². The molecule has 1 heterocycles. The predicted octanol–water partition coefficient (Wildman–Crippen LogP) is 4.44. The monoisotopic (exact) mass is 288 g/mol. The number of hydrogen-bond acceptors (Lipinski definition) is 2. The maximum absolute atomic E-state index is 11.2. The second-order valence-electron chi connectivity index (χ2n) is 5.51. The summed E-state index contributed by atoms with van der Waals surface area (Å²) in [5, 5.41) is 9.21. The van der Waals surface area contributed by atoms with Gasteiger partial charge in [-0.25, -0.2) is 9.78 Å². The number of carbonyl (C=O) groups is 1. The highest BCUT2D eigenvalue weighted by atomic mass is 16.4. The molecule has 2 aromatic rings. The normalized spacial score (nSPS) is 12.7. The Kier molecular flexibility index (Phi) is 4.99. The lowest BCUT2D eigenvalue weighted by Gasteiger charge is -2.20. The van der Waals surface area contributed by atoms with Crippen LogP contribution in [0, 0.1) is 0 Å². The first-order valence-electron chi connectivity index (χ1n) is 7.86. The number of benzene rings is 1. The lowest BCUT2D eigenvalue weighted by Crippen LogP contribution is -2.12. The van der Waals surface area contributed by atoms with Crippen LogP contribution < -0.4 is 0 Å². The molecule has 4 heteroatoms. The van der Waals surface area contributed by atoms with Gasteiger partial charge in [-0.2, -0.15) is 0 Å². The SMILES string of the molecule is CCCc1nc2ccc(C(=O)O)cc2n1C(CC)CCC. The molecule has 0 saturated heterocycles. The van der Waals surface area contributed by atoms with E-state index in [0.29, 0.717) is 11.6 Å². The quantitative estimate of drug-likeness (QED) is 0.819. The number of hydrogen-bond donors (Lipinski definition) is 1. The van der Waals surface area contributed by atoms with Gasteiger partial charge in [0.1, 0.15) is 5.82 Å². The van der Waals surface area contributed by atoms with Crippen LogP contribution in [0.15, 0.2) is 18.2 Å². The first-order chi connectivity index (χ1) is 10.1. The van der Waals surface area contributed by atoms with Crippen molar-refractivity contribution in [2.75, 3.05) is 0 Å². The van der Waals surface area contributed by atoms with Gasteiger partial charge in [0.2, 0.25) is 0 Å². The number of carboxylic acids is 1. The first kappa shape index (κ1) is 15.5. The number of aryl methyl sites for hydroxylation is 1. The van der Waals surface area contributed by atoms with Crippen molar-refractivity contribution in [1.82, 2.24) is 9.55 Å². The molecule has 0 aliphatic heterocycles. The number of aromatic carboxylic acids is 1. The van der Waals surface area contributed by atoms with Crippen LogP contribution in [0.5, 0.6) is 0 Å². The van der Waals surface area contributed by atoms with Gasteiger partial charge >= 0.3 is 5.97 Å². The fraction of sp³-hybridized carbons (Fsp3) is 0.529. The molecule has 2 rings (SSSR count). The van der Waals surface area contributed by atoms with Crippen molar-refractivity contribution < 1.29 is 9.90 Å². The number of nitrogens with zero attached hydrogens (tertiary/aromatic N) is 2. The number of fused-ring (bicyclic) bond motifs is 1. The molecule has 1 unspecified atom stereocenters. The fourth-order valence-corrected chi connectivity index (χ4v) is 2.93. The summed E-state index contributed by atoms with van der Waals surface area (Å²) in [7, 11) is 0. The van der Waals surface area contributed by atoms with E-state index in [2.05, 4.69) is 25.3 Å². The minimum absolute atomic E-state index is 0.332. The summed E-state index contributed by atoms with van der Waals surface area (Å²) in [6.45, 7) is 6.51. The zero-order valence-corrected chi connectivity index (χ0v) is 13.1. The molecule has 21 heavy (non-hydrogen) atoms. The largest absolute Gasteiger partial charge is 0.478 e. The lowest BCUT2D eigenvalue weighted by atomic mass is 10.1. The Balaban J connectivity index is 2.63. The number of carboxylic acid groups (broad SMARTS) is 1. The zero-order chi connectivity index (χ0) is 15.4. The molecule has 4 nitrogen and oxygen atoms in total. The zero-order valence-electron chi connectivity index (χ0n) is 13.1. The van der Waals surface area contributed by atoms with E-state index in [1.54, 1.807) is 12.1 Å². The van der Waals surface area contributed by atoms with Crippen LogP contribution in [0.3, 0.4) is 0 Å². The van der Waals surface area contributed by atoms with E-state index >= 15 is 0 Å². The highest BCUT2D eigenvalue weighted by Crippen LogP contribution is 2.28. The Bertz CT molecular complexity index is 631. The fourth-order valence-electron chi connectivity index (χ4n) is 2.93. The number of rotatable bonds is 7. The highest BCUT2D eigenvalue weighted by molar-refractivity contribution is 5.92. The standard InChI is InChI=1S/C17H24N2O2/c1-4-7-13(6-3)19-15-11-12(17(20)21)9-10-14(15)18-16(19)8-5-2/h9-11,13H,4-8H2,1-3H3,(H,20,21). The van der Waals surface area contributed by atoms with Crippen molar-refractivity contribution >= 4 is 17.0 Å². The summed E-state index contributed by atoms with van der Waals surface area (Å²) >= 11 is 0. The van der Waals surface area contributed by atoms with Gasteiger partial charge in [0, 0.05) is 12.5 Å². The molecule has 1 aromatic carbocycles. The molecule has 0 aliphatic carbocycles.